The number of aromatic hydroxyl groups is 1. The van der Waals surface area contributed by atoms with Crippen LogP contribution in [0.15, 0.2) is 72.8 Å². The maximum Gasteiger partial charge on any atom is 0.326 e. The minimum absolute atomic E-state index is 0.0199. The lowest BCUT2D eigenvalue weighted by Crippen LogP contribution is -2.54. The average Bonchev–Trinajstić information content (AvgIpc) is 3.57. The standard InChI is InChI=1S/C48H59N5O10/c1-28(2)21-40(47(61)62)53-46(60)39(22-29-7-5-4-6-8-29)51-43(57)26-49-42(56)25-50-45(59)38(23-30-9-12-32(54)13-10-30)52-44(58)27-63-33-14-16-34-31(24-33)11-15-36-35(34)19-20-48(3)37(36)17-18-41(48)55/h4-10,12-14,16,24,28,35-40,54H,11,15,17-23,25-27H2,1-3H3,(H,49,56)(H,50,59)(H,51,57)(H,52,58)(H,53,60)(H,61,62)/t35-,36-,37+,38+,39+,40+,48+/m1/s1. The van der Waals surface area contributed by atoms with Gasteiger partial charge in [-0.05, 0) is 109 Å². The van der Waals surface area contributed by atoms with Crippen LogP contribution < -0.4 is 31.3 Å². The van der Waals surface area contributed by atoms with Gasteiger partial charge in [0.25, 0.3) is 5.91 Å². The monoisotopic (exact) mass is 865 g/mol. The zero-order valence-corrected chi connectivity index (χ0v) is 36.1. The Kier molecular flexibility index (Phi) is 15.2. The second kappa shape index (κ2) is 20.7. The number of amides is 5. The number of ether oxygens (including phenoxy) is 1. The predicted molar refractivity (Wildman–Crippen MR) is 232 cm³/mol. The molecule has 0 saturated heterocycles. The quantitative estimate of drug-likeness (QED) is 0.0928. The lowest BCUT2D eigenvalue weighted by Gasteiger charge is -2.48. The van der Waals surface area contributed by atoms with Crippen LogP contribution in [0.3, 0.4) is 0 Å². The van der Waals surface area contributed by atoms with Crippen molar-refractivity contribution >= 4 is 41.3 Å². The molecular weight excluding hydrogens is 807 g/mol. The number of Topliss-reactive ketones (excluding diaryl/α,β-unsaturated/α-hetero) is 1. The SMILES string of the molecule is CC(C)C[C@H](NC(=O)[C@H](Cc1ccccc1)NC(=O)CNC(=O)CNC(=O)[C@H](Cc1ccc(O)cc1)NC(=O)COc1ccc2c(c1)CC[C@@H]1[C@@H]2CC[C@]2(C)C(=O)CC[C@@H]12)C(=O)O. The number of aliphatic carboxylic acids is 1. The van der Waals surface area contributed by atoms with Gasteiger partial charge in [0.05, 0.1) is 13.1 Å². The van der Waals surface area contributed by atoms with Crippen molar-refractivity contribution in [3.63, 3.8) is 0 Å². The molecule has 7 N–H and O–H groups in total. The summed E-state index contributed by atoms with van der Waals surface area (Å²) in [5.74, 6) is -2.32. The fourth-order valence-corrected chi connectivity index (χ4v) is 9.68. The Morgan fingerprint density at radius 3 is 2.11 bits per heavy atom. The molecule has 336 valence electrons. The molecule has 3 aliphatic rings. The van der Waals surface area contributed by atoms with Gasteiger partial charge in [0.15, 0.2) is 6.61 Å². The first-order valence-electron chi connectivity index (χ1n) is 21.9. The summed E-state index contributed by atoms with van der Waals surface area (Å²) in [5.41, 5.74) is 3.63. The first-order chi connectivity index (χ1) is 30.1. The molecule has 0 spiro atoms. The molecule has 0 unspecified atom stereocenters. The fourth-order valence-electron chi connectivity index (χ4n) is 9.68. The number of carbonyl (C=O) groups is 7. The van der Waals surface area contributed by atoms with Crippen LogP contribution in [0.5, 0.6) is 11.5 Å². The Bertz CT molecular complexity index is 2160. The van der Waals surface area contributed by atoms with Gasteiger partial charge < -0.3 is 41.5 Å². The molecule has 15 nitrogen and oxygen atoms in total. The summed E-state index contributed by atoms with van der Waals surface area (Å²) in [4.78, 5) is 90.4. The van der Waals surface area contributed by atoms with Gasteiger partial charge in [-0.15, -0.1) is 0 Å². The second-order valence-corrected chi connectivity index (χ2v) is 17.8. The Morgan fingerprint density at radius 2 is 1.41 bits per heavy atom. The number of rotatable bonds is 19. The third-order valence-electron chi connectivity index (χ3n) is 12.9. The van der Waals surface area contributed by atoms with Gasteiger partial charge in [-0.1, -0.05) is 69.3 Å². The Hall–Kier alpha value is -6.25. The molecule has 3 aliphatic carbocycles. The number of ketones is 1. The van der Waals surface area contributed by atoms with Crippen LogP contribution in [-0.4, -0.2) is 89.3 Å². The van der Waals surface area contributed by atoms with E-state index in [-0.39, 0.29) is 43.0 Å². The van der Waals surface area contributed by atoms with Crippen LogP contribution in [0.4, 0.5) is 0 Å². The minimum Gasteiger partial charge on any atom is -0.508 e. The highest BCUT2D eigenvalue weighted by Gasteiger charge is 2.54. The highest BCUT2D eigenvalue weighted by Crippen LogP contribution is 2.59. The fraction of sp³-hybridized carbons (Fsp3) is 0.479. The molecule has 63 heavy (non-hydrogen) atoms. The maximum atomic E-state index is 13.5. The molecule has 0 heterocycles. The molecule has 3 aromatic rings. The first-order valence-corrected chi connectivity index (χ1v) is 21.9. The molecular formula is C48H59N5O10. The van der Waals surface area contributed by atoms with Gasteiger partial charge in [0.2, 0.25) is 23.6 Å². The van der Waals surface area contributed by atoms with E-state index in [9.17, 15) is 43.8 Å². The van der Waals surface area contributed by atoms with Crippen molar-refractivity contribution in [3.05, 3.63) is 95.1 Å². The number of hydrogen-bond donors (Lipinski definition) is 7. The third-order valence-corrected chi connectivity index (χ3v) is 12.9. The number of carbonyl (C=O) groups excluding carboxylic acids is 6. The number of carboxylic acid groups (broad SMARTS) is 1. The van der Waals surface area contributed by atoms with E-state index in [1.807, 2.05) is 26.0 Å². The summed E-state index contributed by atoms with van der Waals surface area (Å²) >= 11 is 0. The molecule has 0 bridgehead atoms. The largest absolute Gasteiger partial charge is 0.508 e. The van der Waals surface area contributed by atoms with E-state index in [4.69, 9.17) is 4.74 Å². The summed E-state index contributed by atoms with van der Waals surface area (Å²) in [7, 11) is 0. The van der Waals surface area contributed by atoms with E-state index >= 15 is 0 Å². The number of phenols is 1. The summed E-state index contributed by atoms with van der Waals surface area (Å²) in [6.45, 7) is 4.36. The van der Waals surface area contributed by atoms with Crippen LogP contribution in [0.25, 0.3) is 0 Å². The summed E-state index contributed by atoms with van der Waals surface area (Å²) < 4.78 is 5.91. The van der Waals surface area contributed by atoms with Crippen LogP contribution in [0.2, 0.25) is 0 Å². The van der Waals surface area contributed by atoms with E-state index in [1.54, 1.807) is 42.5 Å². The first kappa shape index (κ1) is 46.3. The molecule has 0 radical (unpaired) electrons. The molecule has 2 fully saturated rings. The molecule has 3 aromatic carbocycles. The van der Waals surface area contributed by atoms with Gasteiger partial charge >= 0.3 is 5.97 Å². The second-order valence-electron chi connectivity index (χ2n) is 17.8. The molecule has 7 atom stereocenters. The van der Waals surface area contributed by atoms with Gasteiger partial charge in [0.1, 0.15) is 35.4 Å². The number of aryl methyl sites for hydroxylation is 1. The van der Waals surface area contributed by atoms with E-state index in [0.29, 0.717) is 46.8 Å². The number of benzene rings is 3. The highest BCUT2D eigenvalue weighted by molar-refractivity contribution is 5.94. The molecule has 0 aliphatic heterocycles. The average molecular weight is 866 g/mol. The molecule has 2 saturated carbocycles. The number of nitrogens with one attached hydrogen (secondary N) is 5. The topological polar surface area (TPSA) is 229 Å². The Morgan fingerprint density at radius 1 is 0.746 bits per heavy atom. The summed E-state index contributed by atoms with van der Waals surface area (Å²) in [5, 5.41) is 32.1. The van der Waals surface area contributed by atoms with Crippen molar-refractivity contribution in [2.45, 2.75) is 103 Å². The number of phenolic OH excluding ortho intramolecular Hbond substituents is 1. The van der Waals surface area contributed by atoms with Crippen molar-refractivity contribution in [3.8, 4) is 11.5 Å². The van der Waals surface area contributed by atoms with E-state index in [0.717, 1.165) is 32.1 Å². The number of carboxylic acids is 1. The molecule has 15 heteroatoms. The van der Waals surface area contributed by atoms with Crippen LogP contribution in [-0.2, 0) is 52.8 Å². The molecule has 0 aromatic heterocycles. The van der Waals surface area contributed by atoms with Gasteiger partial charge in [-0.3, -0.25) is 28.8 Å². The van der Waals surface area contributed by atoms with Crippen LogP contribution in [0, 0.1) is 23.2 Å². The summed E-state index contributed by atoms with van der Waals surface area (Å²) in [6.07, 6.45) is 5.69. The van der Waals surface area contributed by atoms with Crippen molar-refractivity contribution < 1.29 is 48.5 Å². The van der Waals surface area contributed by atoms with Crippen molar-refractivity contribution in [1.29, 1.82) is 0 Å². The van der Waals surface area contributed by atoms with Crippen LogP contribution >= 0.6 is 0 Å². The summed E-state index contributed by atoms with van der Waals surface area (Å²) in [6, 6.07) is 17.5. The van der Waals surface area contributed by atoms with Gasteiger partial charge in [0, 0.05) is 24.7 Å². The lowest BCUT2D eigenvalue weighted by atomic mass is 9.55. The van der Waals surface area contributed by atoms with Gasteiger partial charge in [-0.25, -0.2) is 4.79 Å². The third kappa shape index (κ3) is 12.0. The Balaban J connectivity index is 1.01. The number of hydrogen-bond acceptors (Lipinski definition) is 9. The normalized spacial score (nSPS) is 21.3. The number of fused-ring (bicyclic) bond motifs is 5. The van der Waals surface area contributed by atoms with E-state index < -0.39 is 66.7 Å². The van der Waals surface area contributed by atoms with E-state index in [1.165, 1.54) is 23.3 Å². The zero-order valence-electron chi connectivity index (χ0n) is 36.1. The maximum absolute atomic E-state index is 13.5. The van der Waals surface area contributed by atoms with Crippen LogP contribution in [0.1, 0.15) is 87.5 Å². The smallest absolute Gasteiger partial charge is 0.326 e. The minimum atomic E-state index is -1.20. The Labute approximate surface area is 367 Å². The lowest BCUT2D eigenvalue weighted by molar-refractivity contribution is -0.142. The van der Waals surface area contributed by atoms with Crippen molar-refractivity contribution in [2.75, 3.05) is 19.7 Å². The zero-order chi connectivity index (χ0) is 45.3. The highest BCUT2D eigenvalue weighted by atomic mass is 16.5. The van der Waals surface area contributed by atoms with Crippen molar-refractivity contribution in [1.82, 2.24) is 26.6 Å². The predicted octanol–water partition coefficient (Wildman–Crippen LogP) is 3.50. The molecule has 5 amide bonds. The molecule has 6 rings (SSSR count). The van der Waals surface area contributed by atoms with Crippen molar-refractivity contribution in [2.24, 2.45) is 23.2 Å². The van der Waals surface area contributed by atoms with Gasteiger partial charge in [-0.2, -0.15) is 0 Å². The van der Waals surface area contributed by atoms with E-state index in [2.05, 4.69) is 39.6 Å².